The average molecular weight is 171 g/mol. The second-order valence-corrected chi connectivity index (χ2v) is 3.34. The number of rotatable bonds is 2. The van der Waals surface area contributed by atoms with Crippen LogP contribution in [0.1, 0.15) is 11.1 Å². The summed E-state index contributed by atoms with van der Waals surface area (Å²) in [5.74, 6) is 0. The summed E-state index contributed by atoms with van der Waals surface area (Å²) in [6.07, 6.45) is 4.17. The number of aryl methyl sites for hydroxylation is 1. The quantitative estimate of drug-likeness (QED) is 0.654. The molecule has 1 heteroatoms. The molecular formula is C12H13N. The molecule has 0 N–H and O–H groups in total. The molecule has 0 fully saturated rings. The van der Waals surface area contributed by atoms with E-state index >= 15 is 0 Å². The summed E-state index contributed by atoms with van der Waals surface area (Å²) in [6.45, 7) is 3.09. The largest absolute Gasteiger partial charge is 0.350 e. The molecule has 0 bridgehead atoms. The minimum Gasteiger partial charge on any atom is -0.350 e. The van der Waals surface area contributed by atoms with Gasteiger partial charge in [0.25, 0.3) is 0 Å². The molecule has 0 aliphatic heterocycles. The third kappa shape index (κ3) is 2.00. The maximum atomic E-state index is 2.22. The highest BCUT2D eigenvalue weighted by Crippen LogP contribution is 2.06. The van der Waals surface area contributed by atoms with E-state index in [4.69, 9.17) is 0 Å². The molecule has 0 spiro atoms. The molecule has 2 rings (SSSR count). The Kier molecular flexibility index (Phi) is 2.17. The van der Waals surface area contributed by atoms with Crippen molar-refractivity contribution in [2.75, 3.05) is 0 Å². The monoisotopic (exact) mass is 171 g/mol. The first-order valence-electron chi connectivity index (χ1n) is 4.51. The topological polar surface area (TPSA) is 4.93 Å². The molecule has 0 saturated carbocycles. The molecule has 0 radical (unpaired) electrons. The summed E-state index contributed by atoms with van der Waals surface area (Å²) in [7, 11) is 0. The molecule has 1 aromatic heterocycles. The molecular weight excluding hydrogens is 158 g/mol. The van der Waals surface area contributed by atoms with Crippen LogP contribution in [0.4, 0.5) is 0 Å². The molecule has 66 valence electrons. The lowest BCUT2D eigenvalue weighted by Crippen LogP contribution is -1.95. The van der Waals surface area contributed by atoms with Crippen molar-refractivity contribution < 1.29 is 0 Å². The van der Waals surface area contributed by atoms with E-state index < -0.39 is 0 Å². The van der Waals surface area contributed by atoms with Crippen LogP contribution in [0.15, 0.2) is 48.8 Å². The van der Waals surface area contributed by atoms with Crippen LogP contribution in [-0.2, 0) is 6.54 Å². The maximum absolute atomic E-state index is 2.22. The first kappa shape index (κ1) is 8.11. The van der Waals surface area contributed by atoms with Gasteiger partial charge in [-0.2, -0.15) is 0 Å². The third-order valence-corrected chi connectivity index (χ3v) is 2.11. The van der Waals surface area contributed by atoms with E-state index in [-0.39, 0.29) is 0 Å². The zero-order chi connectivity index (χ0) is 9.10. The van der Waals surface area contributed by atoms with Crippen LogP contribution >= 0.6 is 0 Å². The molecule has 1 heterocycles. The Hall–Kier alpha value is -1.50. The van der Waals surface area contributed by atoms with Gasteiger partial charge >= 0.3 is 0 Å². The standard InChI is InChI=1S/C12H13N/c1-11-5-4-6-12(9-11)10-13-7-2-3-8-13/h2-9H,10H2,1H3. The van der Waals surface area contributed by atoms with E-state index in [9.17, 15) is 0 Å². The van der Waals surface area contributed by atoms with Gasteiger partial charge < -0.3 is 4.57 Å². The van der Waals surface area contributed by atoms with Gasteiger partial charge in [0, 0.05) is 18.9 Å². The van der Waals surface area contributed by atoms with Gasteiger partial charge in [0.1, 0.15) is 0 Å². The van der Waals surface area contributed by atoms with Crippen LogP contribution in [0.3, 0.4) is 0 Å². The van der Waals surface area contributed by atoms with Gasteiger partial charge in [0.2, 0.25) is 0 Å². The Morgan fingerprint density at radius 1 is 1.08 bits per heavy atom. The average Bonchev–Trinajstić information content (AvgIpc) is 2.57. The van der Waals surface area contributed by atoms with E-state index in [2.05, 4.69) is 60.3 Å². The lowest BCUT2D eigenvalue weighted by molar-refractivity contribution is 0.805. The Bertz CT molecular complexity index is 374. The number of aromatic nitrogens is 1. The van der Waals surface area contributed by atoms with E-state index in [1.165, 1.54) is 11.1 Å². The van der Waals surface area contributed by atoms with Gasteiger partial charge in [-0.05, 0) is 24.6 Å². The van der Waals surface area contributed by atoms with E-state index in [0.29, 0.717) is 0 Å². The highest BCUT2D eigenvalue weighted by Gasteiger charge is 1.93. The molecule has 1 nitrogen and oxygen atoms in total. The van der Waals surface area contributed by atoms with Gasteiger partial charge in [0.15, 0.2) is 0 Å². The second kappa shape index (κ2) is 3.48. The number of hydrogen-bond donors (Lipinski definition) is 0. The SMILES string of the molecule is Cc1cccc(Cn2cccc2)c1. The fourth-order valence-electron chi connectivity index (χ4n) is 1.50. The minimum atomic E-state index is 0.967. The predicted molar refractivity (Wildman–Crippen MR) is 54.7 cm³/mol. The van der Waals surface area contributed by atoms with Crippen molar-refractivity contribution in [2.24, 2.45) is 0 Å². The fourth-order valence-corrected chi connectivity index (χ4v) is 1.50. The van der Waals surface area contributed by atoms with Crippen LogP contribution in [0, 0.1) is 6.92 Å². The van der Waals surface area contributed by atoms with Gasteiger partial charge in [-0.25, -0.2) is 0 Å². The number of benzene rings is 1. The fraction of sp³-hybridized carbons (Fsp3) is 0.167. The minimum absolute atomic E-state index is 0.967. The van der Waals surface area contributed by atoms with Crippen molar-refractivity contribution in [3.05, 3.63) is 59.9 Å². The first-order chi connectivity index (χ1) is 6.34. The van der Waals surface area contributed by atoms with Crippen molar-refractivity contribution in [1.29, 1.82) is 0 Å². The lowest BCUT2D eigenvalue weighted by Gasteiger charge is -2.03. The molecule has 0 atom stereocenters. The number of hydrogen-bond acceptors (Lipinski definition) is 0. The smallest absolute Gasteiger partial charge is 0.0470 e. The van der Waals surface area contributed by atoms with Gasteiger partial charge in [-0.15, -0.1) is 0 Å². The summed E-state index contributed by atoms with van der Waals surface area (Å²) < 4.78 is 2.18. The third-order valence-electron chi connectivity index (χ3n) is 2.11. The molecule has 1 aromatic carbocycles. The van der Waals surface area contributed by atoms with Gasteiger partial charge in [-0.3, -0.25) is 0 Å². The van der Waals surface area contributed by atoms with Crippen molar-refractivity contribution in [2.45, 2.75) is 13.5 Å². The molecule has 2 aromatic rings. The maximum Gasteiger partial charge on any atom is 0.0470 e. The summed E-state index contributed by atoms with van der Waals surface area (Å²) in [4.78, 5) is 0. The van der Waals surface area contributed by atoms with E-state index in [0.717, 1.165) is 6.54 Å². The van der Waals surface area contributed by atoms with Gasteiger partial charge in [0.05, 0.1) is 0 Å². The van der Waals surface area contributed by atoms with Crippen LogP contribution in [-0.4, -0.2) is 4.57 Å². The molecule has 0 unspecified atom stereocenters. The molecule has 0 aliphatic carbocycles. The molecule has 13 heavy (non-hydrogen) atoms. The molecule has 0 aliphatic rings. The summed E-state index contributed by atoms with van der Waals surface area (Å²) in [5.41, 5.74) is 2.68. The van der Waals surface area contributed by atoms with Gasteiger partial charge in [-0.1, -0.05) is 29.8 Å². The Balaban J connectivity index is 2.19. The summed E-state index contributed by atoms with van der Waals surface area (Å²) in [5, 5.41) is 0. The Morgan fingerprint density at radius 2 is 1.85 bits per heavy atom. The highest BCUT2D eigenvalue weighted by atomic mass is 14.9. The Labute approximate surface area is 78.6 Å². The second-order valence-electron chi connectivity index (χ2n) is 3.34. The van der Waals surface area contributed by atoms with Crippen molar-refractivity contribution >= 4 is 0 Å². The molecule has 0 amide bonds. The highest BCUT2D eigenvalue weighted by molar-refractivity contribution is 5.22. The predicted octanol–water partition coefficient (Wildman–Crippen LogP) is 2.84. The summed E-state index contributed by atoms with van der Waals surface area (Å²) in [6, 6.07) is 12.7. The summed E-state index contributed by atoms with van der Waals surface area (Å²) >= 11 is 0. The van der Waals surface area contributed by atoms with E-state index in [1.807, 2.05) is 0 Å². The zero-order valence-corrected chi connectivity index (χ0v) is 7.77. The van der Waals surface area contributed by atoms with Crippen LogP contribution in [0.25, 0.3) is 0 Å². The van der Waals surface area contributed by atoms with Crippen molar-refractivity contribution in [3.63, 3.8) is 0 Å². The van der Waals surface area contributed by atoms with E-state index in [1.54, 1.807) is 0 Å². The van der Waals surface area contributed by atoms with Crippen LogP contribution in [0.5, 0.6) is 0 Å². The van der Waals surface area contributed by atoms with Crippen molar-refractivity contribution in [1.82, 2.24) is 4.57 Å². The van der Waals surface area contributed by atoms with Crippen LogP contribution in [0.2, 0.25) is 0 Å². The Morgan fingerprint density at radius 3 is 2.54 bits per heavy atom. The molecule has 0 saturated heterocycles. The number of nitrogens with zero attached hydrogens (tertiary/aromatic N) is 1. The normalized spacial score (nSPS) is 10.2. The zero-order valence-electron chi connectivity index (χ0n) is 7.77. The van der Waals surface area contributed by atoms with Crippen molar-refractivity contribution in [3.8, 4) is 0 Å². The van der Waals surface area contributed by atoms with Crippen LogP contribution < -0.4 is 0 Å². The first-order valence-corrected chi connectivity index (χ1v) is 4.51. The lowest BCUT2D eigenvalue weighted by atomic mass is 10.1.